The molecule has 1 aromatic carbocycles. The second-order valence-electron chi connectivity index (χ2n) is 4.52. The molecule has 1 N–H and O–H groups in total. The first-order valence-corrected chi connectivity index (χ1v) is 7.72. The molecule has 0 saturated carbocycles. The Labute approximate surface area is 116 Å². The molecule has 0 amide bonds. The second kappa shape index (κ2) is 6.10. The lowest BCUT2D eigenvalue weighted by Gasteiger charge is -2.06. The van der Waals surface area contributed by atoms with Gasteiger partial charge in [-0.1, -0.05) is 0 Å². The van der Waals surface area contributed by atoms with Crippen LogP contribution in [0, 0.1) is 6.92 Å². The fourth-order valence-electron chi connectivity index (χ4n) is 2.17. The maximum atomic E-state index is 11.0. The molecule has 0 fully saturated rings. The lowest BCUT2D eigenvalue weighted by atomic mass is 10.2. The van der Waals surface area contributed by atoms with Crippen LogP contribution in [0.15, 0.2) is 18.2 Å². The summed E-state index contributed by atoms with van der Waals surface area (Å²) in [5, 5.41) is 9.06. The zero-order chi connectivity index (χ0) is 13.8. The third kappa shape index (κ3) is 3.10. The van der Waals surface area contributed by atoms with Crippen LogP contribution in [0.25, 0.3) is 11.0 Å². The highest BCUT2D eigenvalue weighted by Gasteiger charge is 2.10. The van der Waals surface area contributed by atoms with E-state index in [-0.39, 0.29) is 0 Å². The average molecular weight is 278 g/mol. The Bertz CT molecular complexity index is 592. The first kappa shape index (κ1) is 13.9. The number of carboxylic acids is 1. The number of thioether (sulfide) groups is 1. The molecule has 0 unspecified atom stereocenters. The molecule has 0 aliphatic rings. The van der Waals surface area contributed by atoms with Gasteiger partial charge in [-0.15, -0.1) is 0 Å². The topological polar surface area (TPSA) is 55.1 Å². The highest BCUT2D eigenvalue weighted by Crippen LogP contribution is 2.19. The lowest BCUT2D eigenvalue weighted by molar-refractivity contribution is 0.0697. The number of aromatic carboxylic acids is 1. The van der Waals surface area contributed by atoms with Crippen LogP contribution in [-0.4, -0.2) is 32.6 Å². The molecule has 0 atom stereocenters. The zero-order valence-electron chi connectivity index (χ0n) is 11.2. The van der Waals surface area contributed by atoms with E-state index in [1.54, 1.807) is 18.2 Å². The molecular weight excluding hydrogens is 260 g/mol. The van der Waals surface area contributed by atoms with Gasteiger partial charge in [0.2, 0.25) is 0 Å². The van der Waals surface area contributed by atoms with Crippen LogP contribution in [0.3, 0.4) is 0 Å². The molecule has 19 heavy (non-hydrogen) atoms. The summed E-state index contributed by atoms with van der Waals surface area (Å²) in [6, 6.07) is 5.10. The summed E-state index contributed by atoms with van der Waals surface area (Å²) in [7, 11) is 0. The van der Waals surface area contributed by atoms with E-state index < -0.39 is 5.97 Å². The molecule has 0 aliphatic heterocycles. The molecule has 0 aliphatic carbocycles. The van der Waals surface area contributed by atoms with Crippen LogP contribution < -0.4 is 0 Å². The fraction of sp³-hybridized carbons (Fsp3) is 0.429. The minimum atomic E-state index is -0.894. The minimum absolute atomic E-state index is 0.317. The number of benzene rings is 1. The largest absolute Gasteiger partial charge is 0.478 e. The lowest BCUT2D eigenvalue weighted by Crippen LogP contribution is -2.02. The van der Waals surface area contributed by atoms with E-state index in [0.29, 0.717) is 5.56 Å². The molecule has 4 nitrogen and oxygen atoms in total. The minimum Gasteiger partial charge on any atom is -0.478 e. The summed E-state index contributed by atoms with van der Waals surface area (Å²) >= 11 is 1.85. The maximum Gasteiger partial charge on any atom is 0.335 e. The number of nitrogens with zero attached hydrogens (tertiary/aromatic N) is 2. The molecule has 1 aromatic heterocycles. The molecule has 1 heterocycles. The van der Waals surface area contributed by atoms with Crippen molar-refractivity contribution >= 4 is 28.8 Å². The van der Waals surface area contributed by atoms with Crippen LogP contribution >= 0.6 is 11.8 Å². The first-order chi connectivity index (χ1) is 9.13. The standard InChI is InChI=1S/C14H18N2O2S/c1-10-15-12-6-5-11(14(17)18)9-13(12)16(10)7-3-4-8-19-2/h5-6,9H,3-4,7-8H2,1-2H3,(H,17,18). The van der Waals surface area contributed by atoms with E-state index in [9.17, 15) is 4.79 Å². The summed E-state index contributed by atoms with van der Waals surface area (Å²) < 4.78 is 2.11. The van der Waals surface area contributed by atoms with Gasteiger partial charge in [-0.05, 0) is 50.0 Å². The third-order valence-corrected chi connectivity index (χ3v) is 3.86. The predicted molar refractivity (Wildman–Crippen MR) is 79.0 cm³/mol. The van der Waals surface area contributed by atoms with Crippen molar-refractivity contribution in [2.45, 2.75) is 26.3 Å². The number of aryl methyl sites for hydroxylation is 2. The summed E-state index contributed by atoms with van der Waals surface area (Å²) in [5.74, 6) is 1.21. The number of rotatable bonds is 6. The zero-order valence-corrected chi connectivity index (χ0v) is 12.0. The van der Waals surface area contributed by atoms with Gasteiger partial charge in [0, 0.05) is 6.54 Å². The SMILES string of the molecule is CSCCCCn1c(C)nc2ccc(C(=O)O)cc21. The quantitative estimate of drug-likeness (QED) is 0.824. The van der Waals surface area contributed by atoms with Crippen molar-refractivity contribution in [1.82, 2.24) is 9.55 Å². The highest BCUT2D eigenvalue weighted by atomic mass is 32.2. The molecule has 2 rings (SSSR count). The van der Waals surface area contributed by atoms with Crippen molar-refractivity contribution in [2.75, 3.05) is 12.0 Å². The van der Waals surface area contributed by atoms with Crippen LogP contribution in [0.4, 0.5) is 0 Å². The number of carboxylic acid groups (broad SMARTS) is 1. The van der Waals surface area contributed by atoms with Gasteiger partial charge in [0.1, 0.15) is 5.82 Å². The van der Waals surface area contributed by atoms with Crippen molar-refractivity contribution in [3.63, 3.8) is 0 Å². The monoisotopic (exact) mass is 278 g/mol. The molecular formula is C14H18N2O2S. The number of aromatic nitrogens is 2. The van der Waals surface area contributed by atoms with Crippen LogP contribution in [0.5, 0.6) is 0 Å². The Balaban J connectivity index is 2.28. The van der Waals surface area contributed by atoms with E-state index in [0.717, 1.165) is 35.6 Å². The van der Waals surface area contributed by atoms with Crippen molar-refractivity contribution in [3.05, 3.63) is 29.6 Å². The maximum absolute atomic E-state index is 11.0. The summed E-state index contributed by atoms with van der Waals surface area (Å²) in [6.45, 7) is 2.86. The first-order valence-electron chi connectivity index (χ1n) is 6.32. The molecule has 2 aromatic rings. The number of fused-ring (bicyclic) bond motifs is 1. The number of carbonyl (C=O) groups is 1. The van der Waals surface area contributed by atoms with Gasteiger partial charge >= 0.3 is 5.97 Å². The number of imidazole rings is 1. The summed E-state index contributed by atoms with van der Waals surface area (Å²) in [4.78, 5) is 15.5. The molecule has 0 bridgehead atoms. The van der Waals surface area contributed by atoms with Gasteiger partial charge in [-0.3, -0.25) is 0 Å². The Morgan fingerprint density at radius 1 is 1.42 bits per heavy atom. The van der Waals surface area contributed by atoms with Gasteiger partial charge in [0.05, 0.1) is 16.6 Å². The van der Waals surface area contributed by atoms with E-state index in [2.05, 4.69) is 15.8 Å². The number of hydrogen-bond acceptors (Lipinski definition) is 3. The van der Waals surface area contributed by atoms with Gasteiger partial charge < -0.3 is 9.67 Å². The Morgan fingerprint density at radius 2 is 2.21 bits per heavy atom. The summed E-state index contributed by atoms with van der Waals surface area (Å²) in [6.07, 6.45) is 4.36. The van der Waals surface area contributed by atoms with Crippen LogP contribution in [0.1, 0.15) is 29.0 Å². The molecule has 0 radical (unpaired) electrons. The van der Waals surface area contributed by atoms with Crippen molar-refractivity contribution in [2.24, 2.45) is 0 Å². The Hall–Kier alpha value is -1.49. The van der Waals surface area contributed by atoms with Crippen molar-refractivity contribution in [3.8, 4) is 0 Å². The molecule has 5 heteroatoms. The molecule has 0 saturated heterocycles. The van der Waals surface area contributed by atoms with Gasteiger partial charge in [0.25, 0.3) is 0 Å². The van der Waals surface area contributed by atoms with Crippen molar-refractivity contribution in [1.29, 1.82) is 0 Å². The predicted octanol–water partition coefficient (Wildman–Crippen LogP) is 3.19. The number of hydrogen-bond donors (Lipinski definition) is 1. The van der Waals surface area contributed by atoms with Gasteiger partial charge in [-0.2, -0.15) is 11.8 Å². The molecule has 0 spiro atoms. The average Bonchev–Trinajstić information content (AvgIpc) is 2.70. The van der Waals surface area contributed by atoms with Gasteiger partial charge in [-0.25, -0.2) is 9.78 Å². The number of unbranched alkanes of at least 4 members (excludes halogenated alkanes) is 1. The Morgan fingerprint density at radius 3 is 2.89 bits per heavy atom. The van der Waals surface area contributed by atoms with Crippen molar-refractivity contribution < 1.29 is 9.90 Å². The molecule has 102 valence electrons. The van der Waals surface area contributed by atoms with E-state index in [1.807, 2.05) is 18.7 Å². The van der Waals surface area contributed by atoms with Crippen LogP contribution in [0.2, 0.25) is 0 Å². The summed E-state index contributed by atoms with van der Waals surface area (Å²) in [5.41, 5.74) is 2.10. The fourth-order valence-corrected chi connectivity index (χ4v) is 2.67. The van der Waals surface area contributed by atoms with E-state index >= 15 is 0 Å². The Kier molecular flexibility index (Phi) is 4.47. The normalized spacial score (nSPS) is 11.1. The highest BCUT2D eigenvalue weighted by molar-refractivity contribution is 7.98. The second-order valence-corrected chi connectivity index (χ2v) is 5.50. The van der Waals surface area contributed by atoms with E-state index in [1.165, 1.54) is 6.42 Å². The smallest absolute Gasteiger partial charge is 0.335 e. The van der Waals surface area contributed by atoms with Gasteiger partial charge in [0.15, 0.2) is 0 Å². The third-order valence-electron chi connectivity index (χ3n) is 3.17. The van der Waals surface area contributed by atoms with E-state index in [4.69, 9.17) is 5.11 Å². The van der Waals surface area contributed by atoms with Crippen LogP contribution in [-0.2, 0) is 6.54 Å².